The van der Waals surface area contributed by atoms with Crippen molar-refractivity contribution < 1.29 is 28.9 Å². The van der Waals surface area contributed by atoms with Crippen LogP contribution in [0.5, 0.6) is 5.75 Å². The van der Waals surface area contributed by atoms with E-state index in [0.717, 1.165) is 6.08 Å². The van der Waals surface area contributed by atoms with Gasteiger partial charge < -0.3 is 19.3 Å². The second-order valence-corrected chi connectivity index (χ2v) is 3.67. The van der Waals surface area contributed by atoms with Crippen LogP contribution in [0.25, 0.3) is 0 Å². The van der Waals surface area contributed by atoms with Crippen LogP contribution in [0.1, 0.15) is 10.4 Å². The first kappa shape index (κ1) is 15.7. The molecule has 1 N–H and O–H groups in total. The van der Waals surface area contributed by atoms with Gasteiger partial charge in [-0.25, -0.2) is 9.59 Å². The van der Waals surface area contributed by atoms with Crippen molar-refractivity contribution >= 4 is 11.9 Å². The molecule has 6 heteroatoms. The maximum absolute atomic E-state index is 11.5. The molecule has 0 aliphatic rings. The fraction of sp³-hybridized carbons (Fsp3) is 0.286. The van der Waals surface area contributed by atoms with Crippen molar-refractivity contribution in [2.24, 2.45) is 0 Å². The summed E-state index contributed by atoms with van der Waals surface area (Å²) in [7, 11) is 0. The number of esters is 2. The van der Waals surface area contributed by atoms with Gasteiger partial charge in [0.1, 0.15) is 19.0 Å². The number of phenols is 1. The molecule has 0 aromatic heterocycles. The summed E-state index contributed by atoms with van der Waals surface area (Å²) in [6.07, 6.45) is 1.07. The monoisotopic (exact) mass is 280 g/mol. The van der Waals surface area contributed by atoms with Crippen molar-refractivity contribution in [3.05, 3.63) is 42.5 Å². The highest BCUT2D eigenvalue weighted by Crippen LogP contribution is 2.11. The number of benzene rings is 1. The van der Waals surface area contributed by atoms with E-state index in [1.807, 2.05) is 0 Å². The van der Waals surface area contributed by atoms with Crippen molar-refractivity contribution in [2.75, 3.05) is 26.4 Å². The molecule has 0 unspecified atom stereocenters. The number of carbonyl (C=O) groups is 2. The van der Waals surface area contributed by atoms with Gasteiger partial charge in [0.15, 0.2) is 0 Å². The van der Waals surface area contributed by atoms with Crippen LogP contribution in [-0.2, 0) is 19.0 Å². The fourth-order valence-corrected chi connectivity index (χ4v) is 1.27. The molecule has 0 heterocycles. The molecule has 0 spiro atoms. The van der Waals surface area contributed by atoms with Crippen LogP contribution in [0.3, 0.4) is 0 Å². The molecular formula is C14H16O6. The molecule has 1 aromatic carbocycles. The third kappa shape index (κ3) is 6.01. The average molecular weight is 280 g/mol. The minimum atomic E-state index is -0.539. The lowest BCUT2D eigenvalue weighted by Crippen LogP contribution is -2.14. The summed E-state index contributed by atoms with van der Waals surface area (Å²) < 4.78 is 14.7. The first-order chi connectivity index (χ1) is 9.63. The molecule has 6 nitrogen and oxygen atoms in total. The van der Waals surface area contributed by atoms with Gasteiger partial charge in [0.2, 0.25) is 0 Å². The molecule has 20 heavy (non-hydrogen) atoms. The molecule has 1 aromatic rings. The van der Waals surface area contributed by atoms with Crippen molar-refractivity contribution in [1.29, 1.82) is 0 Å². The van der Waals surface area contributed by atoms with Crippen molar-refractivity contribution in [3.63, 3.8) is 0 Å². The Kier molecular flexibility index (Phi) is 6.84. The molecule has 0 saturated heterocycles. The van der Waals surface area contributed by atoms with E-state index in [-0.39, 0.29) is 37.7 Å². The molecule has 0 bridgehead atoms. The third-order valence-electron chi connectivity index (χ3n) is 2.18. The molecule has 108 valence electrons. The summed E-state index contributed by atoms with van der Waals surface area (Å²) >= 11 is 0. The highest BCUT2D eigenvalue weighted by Gasteiger charge is 2.07. The van der Waals surface area contributed by atoms with Gasteiger partial charge in [-0.2, -0.15) is 0 Å². The summed E-state index contributed by atoms with van der Waals surface area (Å²) in [5, 5.41) is 9.21. The van der Waals surface area contributed by atoms with Gasteiger partial charge in [0.25, 0.3) is 0 Å². The highest BCUT2D eigenvalue weighted by molar-refractivity contribution is 5.89. The standard InChI is InChI=1S/C14H16O6/c1-2-13(16)19-8-6-18-7-9-20-14(17)11-4-3-5-12(15)10-11/h2-5,10,15H,1,6-9H2. The van der Waals surface area contributed by atoms with Crippen LogP contribution in [-0.4, -0.2) is 43.5 Å². The van der Waals surface area contributed by atoms with Gasteiger partial charge in [0.05, 0.1) is 18.8 Å². The molecular weight excluding hydrogens is 264 g/mol. The maximum Gasteiger partial charge on any atom is 0.338 e. The molecule has 0 aliphatic carbocycles. The lowest BCUT2D eigenvalue weighted by molar-refractivity contribution is -0.139. The fourth-order valence-electron chi connectivity index (χ4n) is 1.27. The maximum atomic E-state index is 11.5. The largest absolute Gasteiger partial charge is 0.508 e. The van der Waals surface area contributed by atoms with Gasteiger partial charge >= 0.3 is 11.9 Å². The Morgan fingerprint density at radius 3 is 2.50 bits per heavy atom. The Morgan fingerprint density at radius 2 is 1.85 bits per heavy atom. The Bertz CT molecular complexity index is 468. The Hall–Kier alpha value is -2.34. The summed E-state index contributed by atoms with van der Waals surface area (Å²) in [6.45, 7) is 3.84. The minimum Gasteiger partial charge on any atom is -0.508 e. The summed E-state index contributed by atoms with van der Waals surface area (Å²) in [5.41, 5.74) is 0.268. The Morgan fingerprint density at radius 1 is 1.15 bits per heavy atom. The average Bonchev–Trinajstić information content (AvgIpc) is 2.45. The summed E-state index contributed by atoms with van der Waals surface area (Å²) in [6, 6.07) is 5.87. The number of carbonyl (C=O) groups excluding carboxylic acids is 2. The second kappa shape index (κ2) is 8.71. The van der Waals surface area contributed by atoms with Crippen molar-refractivity contribution in [2.45, 2.75) is 0 Å². The minimum absolute atomic E-state index is 0.000246. The first-order valence-electron chi connectivity index (χ1n) is 5.96. The lowest BCUT2D eigenvalue weighted by atomic mass is 10.2. The van der Waals surface area contributed by atoms with Crippen molar-refractivity contribution in [3.8, 4) is 5.75 Å². The van der Waals surface area contributed by atoms with Crippen LogP contribution in [0.4, 0.5) is 0 Å². The lowest BCUT2D eigenvalue weighted by Gasteiger charge is -2.06. The predicted molar refractivity (Wildman–Crippen MR) is 70.4 cm³/mol. The number of aromatic hydroxyl groups is 1. The molecule has 0 amide bonds. The van der Waals surface area contributed by atoms with Crippen LogP contribution in [0.2, 0.25) is 0 Å². The molecule has 0 atom stereocenters. The normalized spacial score (nSPS) is 9.80. The van der Waals surface area contributed by atoms with Gasteiger partial charge in [-0.05, 0) is 18.2 Å². The number of hydrogen-bond donors (Lipinski definition) is 1. The van der Waals surface area contributed by atoms with E-state index < -0.39 is 11.9 Å². The quantitative estimate of drug-likeness (QED) is 0.439. The van der Waals surface area contributed by atoms with E-state index in [2.05, 4.69) is 11.3 Å². The number of hydrogen-bond acceptors (Lipinski definition) is 6. The Balaban J connectivity index is 2.11. The second-order valence-electron chi connectivity index (χ2n) is 3.67. The van der Waals surface area contributed by atoms with Crippen LogP contribution in [0, 0.1) is 0 Å². The highest BCUT2D eigenvalue weighted by atomic mass is 16.6. The predicted octanol–water partition coefficient (Wildman–Crippen LogP) is 1.29. The van der Waals surface area contributed by atoms with E-state index in [0.29, 0.717) is 0 Å². The smallest absolute Gasteiger partial charge is 0.338 e. The first-order valence-corrected chi connectivity index (χ1v) is 5.96. The SMILES string of the molecule is C=CC(=O)OCCOCCOC(=O)c1cccc(O)c1. The summed E-state index contributed by atoms with van der Waals surface area (Å²) in [4.78, 5) is 22.2. The zero-order valence-corrected chi connectivity index (χ0v) is 10.9. The molecule has 0 radical (unpaired) electrons. The van der Waals surface area contributed by atoms with E-state index in [1.54, 1.807) is 6.07 Å². The van der Waals surface area contributed by atoms with Crippen LogP contribution >= 0.6 is 0 Å². The number of rotatable bonds is 8. The molecule has 0 aliphatic heterocycles. The molecule has 0 saturated carbocycles. The number of ether oxygens (including phenoxy) is 3. The van der Waals surface area contributed by atoms with E-state index in [9.17, 15) is 14.7 Å². The van der Waals surface area contributed by atoms with Gasteiger partial charge in [-0.3, -0.25) is 0 Å². The number of phenolic OH excluding ortho intramolecular Hbond substituents is 1. The topological polar surface area (TPSA) is 82.1 Å². The van der Waals surface area contributed by atoms with Gasteiger partial charge in [-0.15, -0.1) is 0 Å². The van der Waals surface area contributed by atoms with E-state index in [4.69, 9.17) is 9.47 Å². The van der Waals surface area contributed by atoms with E-state index in [1.165, 1.54) is 18.2 Å². The van der Waals surface area contributed by atoms with Crippen molar-refractivity contribution in [1.82, 2.24) is 0 Å². The van der Waals surface area contributed by atoms with E-state index >= 15 is 0 Å². The van der Waals surface area contributed by atoms with Gasteiger partial charge in [0, 0.05) is 6.08 Å². The Labute approximate surface area is 116 Å². The zero-order valence-electron chi connectivity index (χ0n) is 10.9. The van der Waals surface area contributed by atoms with Gasteiger partial charge in [-0.1, -0.05) is 12.6 Å². The van der Waals surface area contributed by atoms with Crippen LogP contribution in [0.15, 0.2) is 36.9 Å². The molecule has 1 rings (SSSR count). The molecule has 0 fully saturated rings. The van der Waals surface area contributed by atoms with Crippen LogP contribution < -0.4 is 0 Å². The third-order valence-corrected chi connectivity index (χ3v) is 2.18. The zero-order chi connectivity index (χ0) is 14.8. The summed E-state index contributed by atoms with van der Waals surface area (Å²) in [5.74, 6) is -1.05.